The molecule has 2 unspecified atom stereocenters. The Morgan fingerprint density at radius 1 is 1.50 bits per heavy atom. The van der Waals surface area contributed by atoms with Crippen LogP contribution in [0.3, 0.4) is 0 Å². The van der Waals surface area contributed by atoms with Crippen molar-refractivity contribution in [1.29, 1.82) is 0 Å². The molecular formula is C18H29IN6S. The molecule has 3 rings (SSSR count). The fourth-order valence-corrected chi connectivity index (χ4v) is 4.02. The molecule has 0 aliphatic carbocycles. The Balaban J connectivity index is 0.00000243. The highest BCUT2D eigenvalue weighted by Gasteiger charge is 2.21. The smallest absolute Gasteiger partial charge is 0.191 e. The number of aryl methyl sites for hydroxylation is 2. The molecular weight excluding hydrogens is 459 g/mol. The molecule has 1 aliphatic heterocycles. The highest BCUT2D eigenvalue weighted by Crippen LogP contribution is 2.15. The SMILES string of the molecule is CCNC(=NCC(C)Cc1cccs1)NC1CCc2nc(C)nn2C1.I. The van der Waals surface area contributed by atoms with Crippen molar-refractivity contribution < 1.29 is 0 Å². The molecule has 0 spiro atoms. The monoisotopic (exact) mass is 488 g/mol. The van der Waals surface area contributed by atoms with E-state index in [1.165, 1.54) is 4.88 Å². The van der Waals surface area contributed by atoms with Crippen LogP contribution in [0, 0.1) is 12.8 Å². The van der Waals surface area contributed by atoms with Gasteiger partial charge in [0.15, 0.2) is 5.96 Å². The summed E-state index contributed by atoms with van der Waals surface area (Å²) in [5.74, 6) is 3.40. The fraction of sp³-hybridized carbons (Fsp3) is 0.611. The number of hydrogen-bond donors (Lipinski definition) is 2. The van der Waals surface area contributed by atoms with Gasteiger partial charge in [-0.25, -0.2) is 9.67 Å². The molecule has 0 fully saturated rings. The Kier molecular flexibility index (Phi) is 8.33. The van der Waals surface area contributed by atoms with Gasteiger partial charge >= 0.3 is 0 Å². The zero-order valence-corrected chi connectivity index (χ0v) is 18.9. The molecule has 8 heteroatoms. The van der Waals surface area contributed by atoms with Crippen LogP contribution in [0.4, 0.5) is 0 Å². The van der Waals surface area contributed by atoms with Crippen molar-refractivity contribution in [3.8, 4) is 0 Å². The van der Waals surface area contributed by atoms with Gasteiger partial charge in [0.1, 0.15) is 11.6 Å². The summed E-state index contributed by atoms with van der Waals surface area (Å²) < 4.78 is 2.03. The normalized spacial score (nSPS) is 18.0. The lowest BCUT2D eigenvalue weighted by molar-refractivity contribution is 0.392. The molecule has 144 valence electrons. The van der Waals surface area contributed by atoms with Crippen molar-refractivity contribution in [3.63, 3.8) is 0 Å². The van der Waals surface area contributed by atoms with Gasteiger partial charge in [-0.15, -0.1) is 35.3 Å². The molecule has 6 nitrogen and oxygen atoms in total. The average molecular weight is 488 g/mol. The predicted octanol–water partition coefficient (Wildman–Crippen LogP) is 3.01. The lowest BCUT2D eigenvalue weighted by Gasteiger charge is -2.25. The van der Waals surface area contributed by atoms with Crippen LogP contribution >= 0.6 is 35.3 Å². The highest BCUT2D eigenvalue weighted by molar-refractivity contribution is 14.0. The number of aromatic nitrogens is 3. The molecule has 0 amide bonds. The molecule has 0 aromatic carbocycles. The van der Waals surface area contributed by atoms with Crippen molar-refractivity contribution in [2.24, 2.45) is 10.9 Å². The fourth-order valence-electron chi connectivity index (χ4n) is 3.15. The van der Waals surface area contributed by atoms with E-state index < -0.39 is 0 Å². The number of aliphatic imine (C=N–C) groups is 1. The summed E-state index contributed by atoms with van der Waals surface area (Å²) in [4.78, 5) is 10.7. The molecule has 2 aromatic heterocycles. The number of nitrogens with one attached hydrogen (secondary N) is 2. The summed E-state index contributed by atoms with van der Waals surface area (Å²) in [5.41, 5.74) is 0. The first-order valence-electron chi connectivity index (χ1n) is 9.11. The lowest BCUT2D eigenvalue weighted by Crippen LogP contribution is -2.47. The number of rotatable bonds is 6. The van der Waals surface area contributed by atoms with Crippen LogP contribution in [-0.4, -0.2) is 39.9 Å². The summed E-state index contributed by atoms with van der Waals surface area (Å²) in [6.07, 6.45) is 3.12. The summed E-state index contributed by atoms with van der Waals surface area (Å²) >= 11 is 1.82. The Labute approximate surface area is 176 Å². The molecule has 0 bridgehead atoms. The third-order valence-corrected chi connectivity index (χ3v) is 5.24. The maximum atomic E-state index is 4.80. The Morgan fingerprint density at radius 3 is 3.08 bits per heavy atom. The molecule has 2 atom stereocenters. The van der Waals surface area contributed by atoms with Crippen molar-refractivity contribution >= 4 is 41.3 Å². The summed E-state index contributed by atoms with van der Waals surface area (Å²) in [6, 6.07) is 4.66. The standard InChI is InChI=1S/C18H28N6S.HI/c1-4-19-18(20-11-13(2)10-16-6-5-9-25-16)22-15-7-8-17-21-14(3)23-24(17)12-15;/h5-6,9,13,15H,4,7-8,10-12H2,1-3H3,(H2,19,20,22);1H. The van der Waals surface area contributed by atoms with E-state index in [1.807, 2.05) is 22.9 Å². The zero-order valence-electron chi connectivity index (χ0n) is 15.7. The van der Waals surface area contributed by atoms with Crippen LogP contribution in [0.2, 0.25) is 0 Å². The minimum absolute atomic E-state index is 0. The van der Waals surface area contributed by atoms with Gasteiger partial charge < -0.3 is 10.6 Å². The highest BCUT2D eigenvalue weighted by atomic mass is 127. The summed E-state index contributed by atoms with van der Waals surface area (Å²) in [5, 5.41) is 13.6. The minimum Gasteiger partial charge on any atom is -0.357 e. The summed E-state index contributed by atoms with van der Waals surface area (Å²) in [7, 11) is 0. The first kappa shape index (κ1) is 21.1. The van der Waals surface area contributed by atoms with Crippen molar-refractivity contribution in [2.75, 3.05) is 13.1 Å². The lowest BCUT2D eigenvalue weighted by atomic mass is 10.1. The van der Waals surface area contributed by atoms with Gasteiger partial charge in [-0.05, 0) is 44.1 Å². The molecule has 2 aromatic rings. The van der Waals surface area contributed by atoms with Crippen LogP contribution in [0.15, 0.2) is 22.5 Å². The molecule has 0 radical (unpaired) electrons. The van der Waals surface area contributed by atoms with Gasteiger partial charge in [0, 0.05) is 30.4 Å². The number of guanidine groups is 1. The van der Waals surface area contributed by atoms with Gasteiger partial charge in [0.2, 0.25) is 0 Å². The van der Waals surface area contributed by atoms with Crippen molar-refractivity contribution in [2.45, 2.75) is 52.6 Å². The number of thiophene rings is 1. The Bertz CT molecular complexity index is 697. The van der Waals surface area contributed by atoms with Gasteiger partial charge in [-0.3, -0.25) is 4.99 Å². The van der Waals surface area contributed by atoms with E-state index >= 15 is 0 Å². The van der Waals surface area contributed by atoms with E-state index in [-0.39, 0.29) is 24.0 Å². The van der Waals surface area contributed by atoms with Crippen LogP contribution in [0.25, 0.3) is 0 Å². The first-order chi connectivity index (χ1) is 12.1. The minimum atomic E-state index is 0. The third-order valence-electron chi connectivity index (χ3n) is 4.34. The largest absolute Gasteiger partial charge is 0.357 e. The topological polar surface area (TPSA) is 67.1 Å². The molecule has 2 N–H and O–H groups in total. The van der Waals surface area contributed by atoms with Crippen molar-refractivity contribution in [1.82, 2.24) is 25.4 Å². The van der Waals surface area contributed by atoms with Gasteiger partial charge in [0.05, 0.1) is 6.54 Å². The van der Waals surface area contributed by atoms with Gasteiger partial charge in [-0.1, -0.05) is 13.0 Å². The van der Waals surface area contributed by atoms with Crippen LogP contribution in [-0.2, 0) is 19.4 Å². The first-order valence-corrected chi connectivity index (χ1v) is 9.99. The van der Waals surface area contributed by atoms with E-state index in [1.54, 1.807) is 0 Å². The number of fused-ring (bicyclic) bond motifs is 1. The average Bonchev–Trinajstić information content (AvgIpc) is 3.21. The maximum Gasteiger partial charge on any atom is 0.191 e. The Hall–Kier alpha value is -1.16. The van der Waals surface area contributed by atoms with Gasteiger partial charge in [0.25, 0.3) is 0 Å². The molecule has 0 saturated heterocycles. The molecule has 26 heavy (non-hydrogen) atoms. The second kappa shape index (κ2) is 10.2. The van der Waals surface area contributed by atoms with E-state index in [9.17, 15) is 0 Å². The Morgan fingerprint density at radius 2 is 2.35 bits per heavy atom. The molecule has 3 heterocycles. The zero-order chi connectivity index (χ0) is 17.6. The van der Waals surface area contributed by atoms with Crippen molar-refractivity contribution in [3.05, 3.63) is 34.0 Å². The summed E-state index contributed by atoms with van der Waals surface area (Å²) in [6.45, 7) is 8.86. The van der Waals surface area contributed by atoms with E-state index in [4.69, 9.17) is 4.99 Å². The third kappa shape index (κ3) is 5.94. The molecule has 1 aliphatic rings. The van der Waals surface area contributed by atoms with E-state index in [0.29, 0.717) is 12.0 Å². The molecule has 0 saturated carbocycles. The van der Waals surface area contributed by atoms with Crippen LogP contribution in [0.5, 0.6) is 0 Å². The quantitative estimate of drug-likeness (QED) is 0.373. The van der Waals surface area contributed by atoms with E-state index in [0.717, 1.165) is 56.5 Å². The number of halogens is 1. The van der Waals surface area contributed by atoms with Gasteiger partial charge in [-0.2, -0.15) is 5.10 Å². The number of nitrogens with zero attached hydrogens (tertiary/aromatic N) is 4. The van der Waals surface area contributed by atoms with Crippen LogP contribution in [0.1, 0.15) is 36.8 Å². The van der Waals surface area contributed by atoms with E-state index in [2.05, 4.69) is 52.1 Å². The number of hydrogen-bond acceptors (Lipinski definition) is 4. The maximum absolute atomic E-state index is 4.80. The second-order valence-corrected chi connectivity index (χ2v) is 7.78. The second-order valence-electron chi connectivity index (χ2n) is 6.75. The van der Waals surface area contributed by atoms with Crippen LogP contribution < -0.4 is 10.6 Å². The predicted molar refractivity (Wildman–Crippen MR) is 119 cm³/mol.